The summed E-state index contributed by atoms with van der Waals surface area (Å²) >= 11 is 0. The molecule has 1 aliphatic rings. The number of hydrogen-bond donors (Lipinski definition) is 2. The second-order valence-electron chi connectivity index (χ2n) is 4.57. The summed E-state index contributed by atoms with van der Waals surface area (Å²) in [6.07, 6.45) is 2.73. The maximum absolute atomic E-state index is 12.0. The Hall–Kier alpha value is -1.78. The van der Waals surface area contributed by atoms with Gasteiger partial charge < -0.3 is 15.0 Å². The highest BCUT2D eigenvalue weighted by molar-refractivity contribution is 6.00. The number of rotatable bonds is 4. The average Bonchev–Trinajstić information content (AvgIpc) is 3.10. The zero-order valence-electron chi connectivity index (χ0n) is 10.9. The van der Waals surface area contributed by atoms with E-state index in [0.717, 1.165) is 18.5 Å². The Labute approximate surface area is 106 Å². The van der Waals surface area contributed by atoms with E-state index in [4.69, 9.17) is 4.74 Å². The van der Waals surface area contributed by atoms with Gasteiger partial charge in [0.25, 0.3) is 5.91 Å². The van der Waals surface area contributed by atoms with Crippen molar-refractivity contribution in [3.05, 3.63) is 22.5 Å². The number of aryl methyl sites for hydroxylation is 1. The second-order valence-corrected chi connectivity index (χ2v) is 4.57. The largest absolute Gasteiger partial charge is 0.465 e. The number of methoxy groups -OCH3 is 1. The van der Waals surface area contributed by atoms with E-state index in [1.807, 2.05) is 6.92 Å². The lowest BCUT2D eigenvalue weighted by atomic mass is 10.1. The number of esters is 1. The molecule has 1 saturated carbocycles. The predicted octanol–water partition coefficient (Wildman–Crippen LogP) is 1.56. The van der Waals surface area contributed by atoms with Gasteiger partial charge in [-0.2, -0.15) is 0 Å². The summed E-state index contributed by atoms with van der Waals surface area (Å²) in [5.41, 5.74) is 2.37. The van der Waals surface area contributed by atoms with Crippen LogP contribution in [0.3, 0.4) is 0 Å². The summed E-state index contributed by atoms with van der Waals surface area (Å²) in [6, 6.07) is 0.298. The number of nitrogens with one attached hydrogen (secondary N) is 2. The molecule has 0 unspecified atom stereocenters. The molecule has 18 heavy (non-hydrogen) atoms. The van der Waals surface area contributed by atoms with Crippen LogP contribution < -0.4 is 5.32 Å². The minimum Gasteiger partial charge on any atom is -0.465 e. The van der Waals surface area contributed by atoms with Gasteiger partial charge in [0.15, 0.2) is 0 Å². The van der Waals surface area contributed by atoms with Gasteiger partial charge in [-0.3, -0.25) is 4.79 Å². The number of carbonyl (C=O) groups is 2. The van der Waals surface area contributed by atoms with Crippen molar-refractivity contribution in [3.8, 4) is 0 Å². The van der Waals surface area contributed by atoms with E-state index in [9.17, 15) is 9.59 Å². The van der Waals surface area contributed by atoms with E-state index >= 15 is 0 Å². The first-order valence-electron chi connectivity index (χ1n) is 6.19. The van der Waals surface area contributed by atoms with Crippen molar-refractivity contribution >= 4 is 11.9 Å². The number of carbonyl (C=O) groups excluding carboxylic acids is 2. The van der Waals surface area contributed by atoms with E-state index in [0.29, 0.717) is 29.3 Å². The van der Waals surface area contributed by atoms with Gasteiger partial charge in [0, 0.05) is 11.7 Å². The van der Waals surface area contributed by atoms with Crippen LogP contribution in [0.5, 0.6) is 0 Å². The van der Waals surface area contributed by atoms with Crippen molar-refractivity contribution < 1.29 is 14.3 Å². The van der Waals surface area contributed by atoms with Crippen LogP contribution in [0, 0.1) is 6.92 Å². The molecule has 5 heteroatoms. The maximum atomic E-state index is 12.0. The molecule has 2 N–H and O–H groups in total. The molecule has 0 radical (unpaired) electrons. The smallest absolute Gasteiger partial charge is 0.339 e. The monoisotopic (exact) mass is 250 g/mol. The van der Waals surface area contributed by atoms with Crippen LogP contribution in [0.4, 0.5) is 0 Å². The maximum Gasteiger partial charge on any atom is 0.339 e. The molecule has 0 saturated heterocycles. The Kier molecular flexibility index (Phi) is 3.41. The minimum atomic E-state index is -0.397. The van der Waals surface area contributed by atoms with Gasteiger partial charge in [-0.1, -0.05) is 6.92 Å². The Morgan fingerprint density at radius 1 is 1.44 bits per heavy atom. The van der Waals surface area contributed by atoms with Crippen LogP contribution in [-0.4, -0.2) is 30.0 Å². The highest BCUT2D eigenvalue weighted by Gasteiger charge is 2.28. The van der Waals surface area contributed by atoms with E-state index in [2.05, 4.69) is 10.3 Å². The molecule has 0 bridgehead atoms. The van der Waals surface area contributed by atoms with Crippen LogP contribution >= 0.6 is 0 Å². The molecular weight excluding hydrogens is 232 g/mol. The topological polar surface area (TPSA) is 71.2 Å². The molecule has 0 aromatic carbocycles. The number of amides is 1. The Bertz CT molecular complexity index is 487. The lowest BCUT2D eigenvalue weighted by molar-refractivity contribution is 0.0599. The summed E-state index contributed by atoms with van der Waals surface area (Å²) in [5.74, 6) is -0.536. The summed E-state index contributed by atoms with van der Waals surface area (Å²) in [5, 5.41) is 2.91. The van der Waals surface area contributed by atoms with Gasteiger partial charge in [-0.15, -0.1) is 0 Å². The van der Waals surface area contributed by atoms with Crippen LogP contribution in [0.1, 0.15) is 51.9 Å². The number of hydrogen-bond acceptors (Lipinski definition) is 3. The van der Waals surface area contributed by atoms with E-state index in [1.165, 1.54) is 7.11 Å². The summed E-state index contributed by atoms with van der Waals surface area (Å²) < 4.78 is 4.76. The van der Waals surface area contributed by atoms with Crippen LogP contribution in [0.15, 0.2) is 0 Å². The van der Waals surface area contributed by atoms with Gasteiger partial charge in [-0.05, 0) is 31.7 Å². The van der Waals surface area contributed by atoms with E-state index in [-0.39, 0.29) is 5.91 Å². The van der Waals surface area contributed by atoms with E-state index in [1.54, 1.807) is 6.92 Å². The van der Waals surface area contributed by atoms with Gasteiger partial charge in [0.1, 0.15) is 5.69 Å². The van der Waals surface area contributed by atoms with Crippen molar-refractivity contribution in [2.75, 3.05) is 7.11 Å². The van der Waals surface area contributed by atoms with Crippen molar-refractivity contribution in [3.63, 3.8) is 0 Å². The van der Waals surface area contributed by atoms with Crippen LogP contribution in [0.2, 0.25) is 0 Å². The van der Waals surface area contributed by atoms with Gasteiger partial charge in [-0.25, -0.2) is 4.79 Å². The number of aromatic nitrogens is 1. The van der Waals surface area contributed by atoms with Gasteiger partial charge >= 0.3 is 5.97 Å². The highest BCUT2D eigenvalue weighted by Crippen LogP contribution is 2.23. The molecule has 1 aliphatic carbocycles. The molecule has 98 valence electrons. The zero-order valence-corrected chi connectivity index (χ0v) is 10.9. The Morgan fingerprint density at radius 2 is 2.11 bits per heavy atom. The minimum absolute atomic E-state index is 0.139. The highest BCUT2D eigenvalue weighted by atomic mass is 16.5. The third-order valence-electron chi connectivity index (χ3n) is 3.21. The molecule has 1 amide bonds. The number of H-pyrrole nitrogens is 1. The first kappa shape index (κ1) is 12.7. The lowest BCUT2D eigenvalue weighted by Crippen LogP contribution is -2.26. The molecule has 1 aromatic heterocycles. The first-order valence-corrected chi connectivity index (χ1v) is 6.19. The zero-order chi connectivity index (χ0) is 13.3. The van der Waals surface area contributed by atoms with Gasteiger partial charge in [0.05, 0.1) is 12.7 Å². The molecule has 0 aliphatic heterocycles. The summed E-state index contributed by atoms with van der Waals surface area (Å²) in [7, 11) is 1.35. The normalized spacial score (nSPS) is 14.4. The molecule has 5 nitrogen and oxygen atoms in total. The standard InChI is InChI=1S/C13H18N2O3/c1-4-9-10(13(17)18-3)7(2)11(15-9)12(16)14-8-5-6-8/h8,15H,4-6H2,1-3H3,(H,14,16). The fraction of sp³-hybridized carbons (Fsp3) is 0.538. The molecule has 1 aromatic rings. The number of aromatic amines is 1. The summed E-state index contributed by atoms with van der Waals surface area (Å²) in [6.45, 7) is 3.70. The Balaban J connectivity index is 2.33. The molecule has 2 rings (SSSR count). The third-order valence-corrected chi connectivity index (χ3v) is 3.21. The quantitative estimate of drug-likeness (QED) is 0.797. The van der Waals surface area contributed by atoms with Crippen molar-refractivity contribution in [2.45, 2.75) is 39.2 Å². The molecule has 1 fully saturated rings. The van der Waals surface area contributed by atoms with E-state index < -0.39 is 5.97 Å². The third kappa shape index (κ3) is 2.25. The summed E-state index contributed by atoms with van der Waals surface area (Å²) in [4.78, 5) is 26.8. The fourth-order valence-electron chi connectivity index (χ4n) is 2.01. The van der Waals surface area contributed by atoms with Crippen LogP contribution in [0.25, 0.3) is 0 Å². The van der Waals surface area contributed by atoms with Crippen molar-refractivity contribution in [1.82, 2.24) is 10.3 Å². The Morgan fingerprint density at radius 3 is 2.61 bits per heavy atom. The lowest BCUT2D eigenvalue weighted by Gasteiger charge is -2.02. The fourth-order valence-corrected chi connectivity index (χ4v) is 2.01. The molecule has 1 heterocycles. The molecule has 0 atom stereocenters. The van der Waals surface area contributed by atoms with Crippen molar-refractivity contribution in [2.24, 2.45) is 0 Å². The predicted molar refractivity (Wildman–Crippen MR) is 66.7 cm³/mol. The first-order chi connectivity index (χ1) is 8.58. The van der Waals surface area contributed by atoms with Crippen LogP contribution in [-0.2, 0) is 11.2 Å². The van der Waals surface area contributed by atoms with Crippen molar-refractivity contribution in [1.29, 1.82) is 0 Å². The molecule has 0 spiro atoms. The average molecular weight is 250 g/mol. The second kappa shape index (κ2) is 4.84. The molecular formula is C13H18N2O3. The van der Waals surface area contributed by atoms with Gasteiger partial charge in [0.2, 0.25) is 0 Å². The number of ether oxygens (including phenoxy) is 1. The SMILES string of the molecule is CCc1[nH]c(C(=O)NC2CC2)c(C)c1C(=O)OC.